The number of hydrogen-bond donors (Lipinski definition) is 3. The largest absolute Gasteiger partial charge is 0.350 e. The van der Waals surface area contributed by atoms with Gasteiger partial charge in [0.2, 0.25) is 10.0 Å². The lowest BCUT2D eigenvalue weighted by molar-refractivity contribution is 0.102. The maximum Gasteiger partial charge on any atom is 0.272 e. The van der Waals surface area contributed by atoms with Crippen LogP contribution < -0.4 is 10.0 Å². The molecule has 1 heterocycles. The highest BCUT2D eigenvalue weighted by Gasteiger charge is 2.28. The molecular weight excluding hydrogens is 374 g/mol. The Morgan fingerprint density at radius 1 is 1.07 bits per heavy atom. The Labute approximate surface area is 164 Å². The number of aryl methyl sites for hydroxylation is 3. The Morgan fingerprint density at radius 3 is 2.54 bits per heavy atom. The summed E-state index contributed by atoms with van der Waals surface area (Å²) >= 11 is 0. The van der Waals surface area contributed by atoms with Crippen molar-refractivity contribution in [3.63, 3.8) is 0 Å². The van der Waals surface area contributed by atoms with Crippen LogP contribution in [0.15, 0.2) is 41.3 Å². The summed E-state index contributed by atoms with van der Waals surface area (Å²) in [5.41, 5.74) is 5.21. The number of aromatic amines is 1. The molecule has 0 unspecified atom stereocenters. The third kappa shape index (κ3) is 3.55. The van der Waals surface area contributed by atoms with Crippen LogP contribution in [-0.4, -0.2) is 25.4 Å². The number of sulfonamides is 1. The lowest BCUT2D eigenvalue weighted by Crippen LogP contribution is -2.25. The molecule has 1 aromatic heterocycles. The summed E-state index contributed by atoms with van der Waals surface area (Å²) in [7, 11) is -3.57. The van der Waals surface area contributed by atoms with Gasteiger partial charge in [0.1, 0.15) is 5.69 Å². The van der Waals surface area contributed by atoms with Crippen molar-refractivity contribution in [3.8, 4) is 0 Å². The lowest BCUT2D eigenvalue weighted by Gasteiger charge is -2.08. The molecule has 1 fully saturated rings. The quantitative estimate of drug-likeness (QED) is 0.612. The first-order valence-electron chi connectivity index (χ1n) is 9.28. The molecule has 1 aliphatic rings. The molecule has 0 spiro atoms. The van der Waals surface area contributed by atoms with E-state index in [0.717, 1.165) is 34.9 Å². The zero-order chi connectivity index (χ0) is 20.1. The average Bonchev–Trinajstić information content (AvgIpc) is 3.32. The van der Waals surface area contributed by atoms with E-state index in [1.165, 1.54) is 17.7 Å². The Hall–Kier alpha value is -2.64. The van der Waals surface area contributed by atoms with Gasteiger partial charge in [0.25, 0.3) is 5.91 Å². The number of amides is 1. The standard InChI is InChI=1S/C21H23N3O3S/c1-12-9-13(2)18-11-19(23-20(18)14(12)3)21(25)22-16-5-4-6-17(10-16)28(26,27)24-15-7-8-15/h4-6,9-11,15,23-24H,7-8H2,1-3H3,(H,22,25). The third-order valence-corrected chi connectivity index (χ3v) is 6.71. The zero-order valence-electron chi connectivity index (χ0n) is 16.1. The van der Waals surface area contributed by atoms with Crippen LogP contribution in [0.4, 0.5) is 5.69 Å². The normalized spacial score (nSPS) is 14.4. The van der Waals surface area contributed by atoms with Crippen LogP contribution in [0.3, 0.4) is 0 Å². The van der Waals surface area contributed by atoms with Gasteiger partial charge < -0.3 is 10.3 Å². The van der Waals surface area contributed by atoms with E-state index in [1.54, 1.807) is 12.1 Å². The van der Waals surface area contributed by atoms with Crippen LogP contribution in [0, 0.1) is 20.8 Å². The fourth-order valence-corrected chi connectivity index (χ4v) is 4.67. The number of hydrogen-bond acceptors (Lipinski definition) is 3. The number of nitrogens with one attached hydrogen (secondary N) is 3. The van der Waals surface area contributed by atoms with Crippen molar-refractivity contribution in [2.45, 2.75) is 44.6 Å². The Balaban J connectivity index is 1.60. The predicted octanol–water partition coefficient (Wildman–Crippen LogP) is 3.79. The number of fused-ring (bicyclic) bond motifs is 1. The Bertz CT molecular complexity index is 1190. The Morgan fingerprint density at radius 2 is 1.82 bits per heavy atom. The first-order chi connectivity index (χ1) is 13.2. The van der Waals surface area contributed by atoms with Gasteiger partial charge in [0.15, 0.2) is 0 Å². The van der Waals surface area contributed by atoms with Crippen LogP contribution in [0.5, 0.6) is 0 Å². The van der Waals surface area contributed by atoms with Crippen molar-refractivity contribution in [2.24, 2.45) is 0 Å². The molecule has 28 heavy (non-hydrogen) atoms. The van der Waals surface area contributed by atoms with Gasteiger partial charge in [-0.25, -0.2) is 13.1 Å². The molecule has 7 heteroatoms. The molecule has 3 aromatic rings. The fraction of sp³-hybridized carbons (Fsp3) is 0.286. The highest BCUT2D eigenvalue weighted by atomic mass is 32.2. The van der Waals surface area contributed by atoms with Gasteiger partial charge in [-0.3, -0.25) is 4.79 Å². The minimum absolute atomic E-state index is 0.0320. The van der Waals surface area contributed by atoms with Gasteiger partial charge in [-0.1, -0.05) is 12.1 Å². The molecule has 0 saturated heterocycles. The van der Waals surface area contributed by atoms with E-state index in [-0.39, 0.29) is 16.8 Å². The molecule has 1 amide bonds. The molecule has 3 N–H and O–H groups in total. The molecule has 0 radical (unpaired) electrons. The molecule has 0 aliphatic heterocycles. The molecule has 1 saturated carbocycles. The van der Waals surface area contributed by atoms with Crippen LogP contribution in [-0.2, 0) is 10.0 Å². The third-order valence-electron chi connectivity index (χ3n) is 5.19. The van der Waals surface area contributed by atoms with E-state index >= 15 is 0 Å². The highest BCUT2D eigenvalue weighted by molar-refractivity contribution is 7.89. The molecule has 1 aliphatic carbocycles. The lowest BCUT2D eigenvalue weighted by atomic mass is 10.0. The molecule has 6 nitrogen and oxygen atoms in total. The first-order valence-corrected chi connectivity index (χ1v) is 10.8. The summed E-state index contributed by atoms with van der Waals surface area (Å²) in [5.74, 6) is -0.308. The molecule has 146 valence electrons. The van der Waals surface area contributed by atoms with Crippen molar-refractivity contribution in [1.82, 2.24) is 9.71 Å². The van der Waals surface area contributed by atoms with Gasteiger partial charge in [0.05, 0.1) is 4.90 Å². The van der Waals surface area contributed by atoms with Crippen LogP contribution >= 0.6 is 0 Å². The predicted molar refractivity (Wildman–Crippen MR) is 110 cm³/mol. The second-order valence-corrected chi connectivity index (χ2v) is 9.20. The van der Waals surface area contributed by atoms with Gasteiger partial charge in [-0.15, -0.1) is 0 Å². The molecule has 0 atom stereocenters. The highest BCUT2D eigenvalue weighted by Crippen LogP contribution is 2.27. The van der Waals surface area contributed by atoms with E-state index in [9.17, 15) is 13.2 Å². The number of carbonyl (C=O) groups excluding carboxylic acids is 1. The fourth-order valence-electron chi connectivity index (χ4n) is 3.32. The maximum absolute atomic E-state index is 12.7. The summed E-state index contributed by atoms with van der Waals surface area (Å²) in [5, 5.41) is 3.80. The number of benzene rings is 2. The van der Waals surface area contributed by atoms with Crippen LogP contribution in [0.25, 0.3) is 10.9 Å². The minimum atomic E-state index is -3.57. The van der Waals surface area contributed by atoms with Crippen LogP contribution in [0.2, 0.25) is 0 Å². The first kappa shape index (κ1) is 18.7. The van der Waals surface area contributed by atoms with Crippen molar-refractivity contribution >= 4 is 32.5 Å². The van der Waals surface area contributed by atoms with Gasteiger partial charge >= 0.3 is 0 Å². The molecule has 2 aromatic carbocycles. The number of aromatic nitrogens is 1. The van der Waals surface area contributed by atoms with Gasteiger partial charge in [-0.2, -0.15) is 0 Å². The molecular formula is C21H23N3O3S. The average molecular weight is 398 g/mol. The van der Waals surface area contributed by atoms with E-state index in [4.69, 9.17) is 0 Å². The van der Waals surface area contributed by atoms with Crippen molar-refractivity contribution in [3.05, 3.63) is 58.8 Å². The van der Waals surface area contributed by atoms with Crippen LogP contribution in [0.1, 0.15) is 40.0 Å². The van der Waals surface area contributed by atoms with Crippen molar-refractivity contribution < 1.29 is 13.2 Å². The van der Waals surface area contributed by atoms with Gasteiger partial charge in [-0.05, 0) is 74.6 Å². The maximum atomic E-state index is 12.7. The van der Waals surface area contributed by atoms with E-state index in [2.05, 4.69) is 21.1 Å². The van der Waals surface area contributed by atoms with Gasteiger partial charge in [0, 0.05) is 22.6 Å². The van der Waals surface area contributed by atoms with Crippen molar-refractivity contribution in [1.29, 1.82) is 0 Å². The number of carbonyl (C=O) groups is 1. The summed E-state index contributed by atoms with van der Waals surface area (Å²) in [6.07, 6.45) is 1.74. The minimum Gasteiger partial charge on any atom is -0.350 e. The number of H-pyrrole nitrogens is 1. The Kier molecular flexibility index (Phi) is 4.51. The molecule has 0 bridgehead atoms. The summed E-state index contributed by atoms with van der Waals surface area (Å²) in [6, 6.07) is 10.3. The monoisotopic (exact) mass is 397 g/mol. The van der Waals surface area contributed by atoms with Crippen molar-refractivity contribution in [2.75, 3.05) is 5.32 Å². The van der Waals surface area contributed by atoms with E-state index < -0.39 is 10.0 Å². The zero-order valence-corrected chi connectivity index (χ0v) is 16.9. The second kappa shape index (κ2) is 6.76. The SMILES string of the molecule is Cc1cc(C)c2cc(C(=O)Nc3cccc(S(=O)(=O)NC4CC4)c3)[nH]c2c1C. The number of anilines is 1. The number of rotatable bonds is 5. The van der Waals surface area contributed by atoms with E-state index in [0.29, 0.717) is 11.4 Å². The summed E-state index contributed by atoms with van der Waals surface area (Å²) in [4.78, 5) is 16.1. The smallest absolute Gasteiger partial charge is 0.272 e. The van der Waals surface area contributed by atoms with E-state index in [1.807, 2.05) is 26.8 Å². The topological polar surface area (TPSA) is 91.1 Å². The summed E-state index contributed by atoms with van der Waals surface area (Å²) < 4.78 is 27.4. The summed E-state index contributed by atoms with van der Waals surface area (Å²) in [6.45, 7) is 6.09. The second-order valence-electron chi connectivity index (χ2n) is 7.48. The molecule has 4 rings (SSSR count).